The molecule has 1 heterocycles. The third kappa shape index (κ3) is 3.19. The molecule has 1 aliphatic heterocycles. The predicted molar refractivity (Wildman–Crippen MR) is 71.8 cm³/mol. The summed E-state index contributed by atoms with van der Waals surface area (Å²) in [6.45, 7) is 5.33. The Labute approximate surface area is 114 Å². The van der Waals surface area contributed by atoms with Gasteiger partial charge in [0.2, 0.25) is 0 Å². The van der Waals surface area contributed by atoms with Gasteiger partial charge in [-0.25, -0.2) is 4.79 Å². The van der Waals surface area contributed by atoms with Crippen molar-refractivity contribution in [1.29, 1.82) is 0 Å². The summed E-state index contributed by atoms with van der Waals surface area (Å²) in [5.41, 5.74) is 0. The summed E-state index contributed by atoms with van der Waals surface area (Å²) in [6.07, 6.45) is 4.00. The molecule has 2 amide bonds. The molecule has 108 valence electrons. The van der Waals surface area contributed by atoms with Crippen LogP contribution >= 0.6 is 0 Å². The first kappa shape index (κ1) is 14.2. The second-order valence-corrected chi connectivity index (χ2v) is 6.09. The number of carbonyl (C=O) groups is 2. The number of carboxylic acid groups (broad SMARTS) is 1. The lowest BCUT2D eigenvalue weighted by Crippen LogP contribution is -2.48. The highest BCUT2D eigenvalue weighted by molar-refractivity contribution is 5.77. The van der Waals surface area contributed by atoms with Crippen LogP contribution in [0.15, 0.2) is 0 Å². The molecule has 2 fully saturated rings. The Morgan fingerprint density at radius 3 is 2.58 bits per heavy atom. The topological polar surface area (TPSA) is 69.6 Å². The summed E-state index contributed by atoms with van der Waals surface area (Å²) in [5, 5.41) is 12.0. The van der Waals surface area contributed by atoms with Crippen LogP contribution in [0, 0.1) is 17.8 Å². The van der Waals surface area contributed by atoms with Gasteiger partial charge in [-0.05, 0) is 24.7 Å². The van der Waals surface area contributed by atoms with Crippen LogP contribution in [0.2, 0.25) is 0 Å². The number of nitrogens with one attached hydrogen (secondary N) is 1. The van der Waals surface area contributed by atoms with Gasteiger partial charge in [-0.15, -0.1) is 0 Å². The number of carbonyl (C=O) groups excluding carboxylic acids is 1. The standard InChI is InChI=1S/C14H24N2O3/c1-9-4-3-5-12(10(9)2)15-14(19)16-7-6-11(8-16)13(17)18/h9-12H,3-8H2,1-2H3,(H,15,19)(H,17,18). The second kappa shape index (κ2) is 5.80. The Hall–Kier alpha value is -1.26. The first-order chi connectivity index (χ1) is 8.99. The number of urea groups is 1. The lowest BCUT2D eigenvalue weighted by Gasteiger charge is -2.35. The van der Waals surface area contributed by atoms with Gasteiger partial charge in [0, 0.05) is 19.1 Å². The van der Waals surface area contributed by atoms with E-state index in [4.69, 9.17) is 5.11 Å². The molecular formula is C14H24N2O3. The van der Waals surface area contributed by atoms with Gasteiger partial charge in [-0.1, -0.05) is 26.7 Å². The number of nitrogens with zero attached hydrogens (tertiary/aromatic N) is 1. The van der Waals surface area contributed by atoms with Crippen LogP contribution in [0.5, 0.6) is 0 Å². The average Bonchev–Trinajstić information content (AvgIpc) is 2.84. The zero-order valence-electron chi connectivity index (χ0n) is 11.8. The lowest BCUT2D eigenvalue weighted by atomic mass is 9.78. The van der Waals surface area contributed by atoms with Crippen LogP contribution in [0.3, 0.4) is 0 Å². The Morgan fingerprint density at radius 1 is 1.21 bits per heavy atom. The van der Waals surface area contributed by atoms with E-state index in [-0.39, 0.29) is 12.1 Å². The van der Waals surface area contributed by atoms with Gasteiger partial charge in [-0.2, -0.15) is 0 Å². The fourth-order valence-corrected chi connectivity index (χ4v) is 3.18. The smallest absolute Gasteiger partial charge is 0.317 e. The highest BCUT2D eigenvalue weighted by atomic mass is 16.4. The van der Waals surface area contributed by atoms with Gasteiger partial charge in [0.05, 0.1) is 5.92 Å². The number of hydrogen-bond donors (Lipinski definition) is 2. The first-order valence-electron chi connectivity index (χ1n) is 7.27. The molecule has 1 aliphatic carbocycles. The molecule has 5 heteroatoms. The fourth-order valence-electron chi connectivity index (χ4n) is 3.18. The molecule has 0 aromatic carbocycles. The van der Waals surface area contributed by atoms with E-state index in [9.17, 15) is 9.59 Å². The highest BCUT2D eigenvalue weighted by Crippen LogP contribution is 2.29. The van der Waals surface area contributed by atoms with Gasteiger partial charge >= 0.3 is 12.0 Å². The van der Waals surface area contributed by atoms with Crippen molar-refractivity contribution in [2.75, 3.05) is 13.1 Å². The summed E-state index contributed by atoms with van der Waals surface area (Å²) in [4.78, 5) is 24.7. The van der Waals surface area contributed by atoms with Crippen LogP contribution < -0.4 is 5.32 Å². The molecule has 2 rings (SSSR count). The zero-order chi connectivity index (χ0) is 14.0. The molecule has 0 radical (unpaired) electrons. The number of amides is 2. The van der Waals surface area contributed by atoms with Crippen LogP contribution in [-0.2, 0) is 4.79 Å². The fraction of sp³-hybridized carbons (Fsp3) is 0.857. The molecule has 1 saturated heterocycles. The van der Waals surface area contributed by atoms with E-state index in [0.29, 0.717) is 31.3 Å². The quantitative estimate of drug-likeness (QED) is 0.804. The van der Waals surface area contributed by atoms with Crippen molar-refractivity contribution in [3.8, 4) is 0 Å². The van der Waals surface area contributed by atoms with Crippen molar-refractivity contribution >= 4 is 12.0 Å². The van der Waals surface area contributed by atoms with Gasteiger partial charge in [-0.3, -0.25) is 4.79 Å². The molecule has 2 N–H and O–H groups in total. The Balaban J connectivity index is 1.86. The summed E-state index contributed by atoms with van der Waals surface area (Å²) in [7, 11) is 0. The Kier molecular flexibility index (Phi) is 4.32. The van der Waals surface area contributed by atoms with Crippen molar-refractivity contribution in [3.63, 3.8) is 0 Å². The van der Waals surface area contributed by atoms with E-state index in [0.717, 1.165) is 12.8 Å². The second-order valence-electron chi connectivity index (χ2n) is 6.09. The van der Waals surface area contributed by atoms with Crippen LogP contribution in [-0.4, -0.2) is 41.1 Å². The van der Waals surface area contributed by atoms with Crippen molar-refractivity contribution in [3.05, 3.63) is 0 Å². The summed E-state index contributed by atoms with van der Waals surface area (Å²) < 4.78 is 0. The molecule has 1 saturated carbocycles. The summed E-state index contributed by atoms with van der Waals surface area (Å²) in [5.74, 6) is -0.0524. The minimum absolute atomic E-state index is 0.0882. The zero-order valence-corrected chi connectivity index (χ0v) is 11.8. The lowest BCUT2D eigenvalue weighted by molar-refractivity contribution is -0.141. The highest BCUT2D eigenvalue weighted by Gasteiger charge is 2.33. The number of likely N-dealkylation sites (tertiary alicyclic amines) is 1. The van der Waals surface area contributed by atoms with Gasteiger partial charge < -0.3 is 15.3 Å². The SMILES string of the molecule is CC1CCCC(NC(=O)N2CCC(C(=O)O)C2)C1C. The monoisotopic (exact) mass is 268 g/mol. The third-order valence-electron chi connectivity index (χ3n) is 4.84. The molecule has 0 aromatic rings. The number of hydrogen-bond acceptors (Lipinski definition) is 2. The van der Waals surface area contributed by atoms with E-state index in [1.54, 1.807) is 4.90 Å². The normalized spacial score (nSPS) is 35.2. The number of rotatable bonds is 2. The maximum atomic E-state index is 12.2. The maximum absolute atomic E-state index is 12.2. The van der Waals surface area contributed by atoms with Gasteiger partial charge in [0.25, 0.3) is 0 Å². The molecule has 5 nitrogen and oxygen atoms in total. The number of carboxylic acids is 1. The summed E-state index contributed by atoms with van der Waals surface area (Å²) in [6, 6.07) is 0.148. The van der Waals surface area contributed by atoms with Crippen molar-refractivity contribution in [2.24, 2.45) is 17.8 Å². The van der Waals surface area contributed by atoms with Crippen molar-refractivity contribution in [2.45, 2.75) is 45.6 Å². The first-order valence-corrected chi connectivity index (χ1v) is 7.27. The van der Waals surface area contributed by atoms with Crippen LogP contribution in [0.25, 0.3) is 0 Å². The Bertz CT molecular complexity index is 359. The average molecular weight is 268 g/mol. The largest absolute Gasteiger partial charge is 0.481 e. The minimum Gasteiger partial charge on any atom is -0.481 e. The van der Waals surface area contributed by atoms with E-state index in [1.807, 2.05) is 0 Å². The van der Waals surface area contributed by atoms with Crippen LogP contribution in [0.1, 0.15) is 39.5 Å². The Morgan fingerprint density at radius 2 is 1.95 bits per heavy atom. The molecule has 2 aliphatic rings. The van der Waals surface area contributed by atoms with E-state index in [2.05, 4.69) is 19.2 Å². The van der Waals surface area contributed by atoms with Gasteiger partial charge in [0.1, 0.15) is 0 Å². The van der Waals surface area contributed by atoms with Crippen LogP contribution in [0.4, 0.5) is 4.79 Å². The van der Waals surface area contributed by atoms with Crippen molar-refractivity contribution in [1.82, 2.24) is 10.2 Å². The van der Waals surface area contributed by atoms with Crippen molar-refractivity contribution < 1.29 is 14.7 Å². The molecular weight excluding hydrogens is 244 g/mol. The van der Waals surface area contributed by atoms with E-state index < -0.39 is 11.9 Å². The summed E-state index contributed by atoms with van der Waals surface area (Å²) >= 11 is 0. The third-order valence-corrected chi connectivity index (χ3v) is 4.84. The maximum Gasteiger partial charge on any atom is 0.317 e. The molecule has 19 heavy (non-hydrogen) atoms. The van der Waals surface area contributed by atoms with E-state index >= 15 is 0 Å². The molecule has 4 unspecified atom stereocenters. The number of aliphatic carboxylic acids is 1. The molecule has 0 spiro atoms. The molecule has 4 atom stereocenters. The van der Waals surface area contributed by atoms with Gasteiger partial charge in [0.15, 0.2) is 0 Å². The van der Waals surface area contributed by atoms with E-state index in [1.165, 1.54) is 6.42 Å². The predicted octanol–water partition coefficient (Wildman–Crippen LogP) is 1.93. The molecule has 0 bridgehead atoms. The molecule has 0 aromatic heterocycles. The minimum atomic E-state index is -0.796.